The molecule has 6 nitrogen and oxygen atoms in total. The van der Waals surface area contributed by atoms with Gasteiger partial charge < -0.3 is 16.4 Å². The molecule has 3 rings (SSSR count). The average molecular weight is 392 g/mol. The molecule has 0 amide bonds. The zero-order chi connectivity index (χ0) is 16.6. The van der Waals surface area contributed by atoms with Crippen molar-refractivity contribution >= 4 is 63.9 Å². The molecule has 0 aliphatic carbocycles. The van der Waals surface area contributed by atoms with Crippen LogP contribution in [0.15, 0.2) is 27.3 Å². The summed E-state index contributed by atoms with van der Waals surface area (Å²) in [6.07, 6.45) is 1.67. The van der Waals surface area contributed by atoms with Gasteiger partial charge in [0.25, 0.3) is 0 Å². The molecule has 23 heavy (non-hydrogen) atoms. The molecule has 2 unspecified atom stereocenters. The van der Waals surface area contributed by atoms with Gasteiger partial charge in [-0.1, -0.05) is 52.6 Å². The van der Waals surface area contributed by atoms with Crippen molar-refractivity contribution in [2.24, 2.45) is 26.7 Å². The van der Waals surface area contributed by atoms with E-state index in [0.29, 0.717) is 15.1 Å². The van der Waals surface area contributed by atoms with Gasteiger partial charge in [0, 0.05) is 12.3 Å². The van der Waals surface area contributed by atoms with Gasteiger partial charge in [0.2, 0.25) is 5.96 Å². The van der Waals surface area contributed by atoms with Crippen LogP contribution in [0.4, 0.5) is 0 Å². The van der Waals surface area contributed by atoms with E-state index in [2.05, 4.69) is 15.1 Å². The Morgan fingerprint density at radius 3 is 2.83 bits per heavy atom. The van der Waals surface area contributed by atoms with Crippen LogP contribution in [0.25, 0.3) is 0 Å². The van der Waals surface area contributed by atoms with Crippen LogP contribution in [-0.4, -0.2) is 40.6 Å². The van der Waals surface area contributed by atoms with Crippen LogP contribution in [0.3, 0.4) is 0 Å². The fraction of sp³-hybridized carbons (Fsp3) is 0.308. The third kappa shape index (κ3) is 3.24. The van der Waals surface area contributed by atoms with Crippen molar-refractivity contribution in [3.8, 4) is 0 Å². The van der Waals surface area contributed by atoms with Crippen LogP contribution in [0.1, 0.15) is 11.6 Å². The van der Waals surface area contributed by atoms with E-state index in [1.165, 1.54) is 0 Å². The molecule has 4 N–H and O–H groups in total. The topological polar surface area (TPSA) is 92.4 Å². The van der Waals surface area contributed by atoms with E-state index < -0.39 is 0 Å². The first-order chi connectivity index (χ1) is 11.0. The number of nitrogens with zero attached hydrogens (tertiary/aromatic N) is 4. The SMILES string of the molecule is NC(N)=N/N=C/C1C(c2ccc(Cl)c(Cl)c2Cl)N=C2SCCN21. The number of aliphatic imine (C=N–C) groups is 1. The maximum atomic E-state index is 6.36. The van der Waals surface area contributed by atoms with Gasteiger partial charge in [-0.3, -0.25) is 4.99 Å². The summed E-state index contributed by atoms with van der Waals surface area (Å²) in [6.45, 7) is 0.872. The number of thioether (sulfide) groups is 1. The van der Waals surface area contributed by atoms with Crippen molar-refractivity contribution in [2.75, 3.05) is 12.3 Å². The zero-order valence-electron chi connectivity index (χ0n) is 11.8. The third-order valence-corrected chi connectivity index (χ3v) is 5.81. The molecule has 2 atom stereocenters. The van der Waals surface area contributed by atoms with E-state index in [4.69, 9.17) is 51.3 Å². The van der Waals surface area contributed by atoms with Gasteiger partial charge in [-0.15, -0.1) is 5.10 Å². The van der Waals surface area contributed by atoms with Crippen molar-refractivity contribution in [2.45, 2.75) is 12.1 Å². The lowest BCUT2D eigenvalue weighted by atomic mass is 10.0. The number of guanidine groups is 1. The maximum absolute atomic E-state index is 6.36. The Morgan fingerprint density at radius 1 is 1.30 bits per heavy atom. The van der Waals surface area contributed by atoms with Crippen molar-refractivity contribution in [3.05, 3.63) is 32.8 Å². The minimum Gasteiger partial charge on any atom is -0.369 e. The van der Waals surface area contributed by atoms with Crippen LogP contribution in [0.5, 0.6) is 0 Å². The molecular formula is C13H13Cl3N6S. The summed E-state index contributed by atoms with van der Waals surface area (Å²) in [5.41, 5.74) is 11.4. The standard InChI is InChI=1S/C13H13Cl3N6S/c14-7-2-1-6(9(15)10(7)16)11-8(5-19-21-12(17)18)22-3-4-23-13(22)20-11/h1-2,5,8,11H,3-4H2,(H4,17,18,21)/b19-5+. The second kappa shape index (κ2) is 6.76. The Labute approximate surface area is 152 Å². The Balaban J connectivity index is 1.99. The highest BCUT2D eigenvalue weighted by atomic mass is 35.5. The van der Waals surface area contributed by atoms with Gasteiger partial charge >= 0.3 is 0 Å². The zero-order valence-corrected chi connectivity index (χ0v) is 14.9. The normalized spacial score (nSPS) is 23.3. The van der Waals surface area contributed by atoms with Crippen LogP contribution >= 0.6 is 46.6 Å². The molecule has 0 aromatic heterocycles. The minimum absolute atomic E-state index is 0.0969. The highest BCUT2D eigenvalue weighted by Gasteiger charge is 2.40. The molecule has 1 saturated heterocycles. The Bertz CT molecular complexity index is 716. The van der Waals surface area contributed by atoms with Crippen LogP contribution in [-0.2, 0) is 0 Å². The van der Waals surface area contributed by atoms with E-state index in [1.807, 2.05) is 6.07 Å². The van der Waals surface area contributed by atoms with Crippen molar-refractivity contribution in [3.63, 3.8) is 0 Å². The molecule has 0 saturated carbocycles. The lowest BCUT2D eigenvalue weighted by molar-refractivity contribution is 0.409. The maximum Gasteiger partial charge on any atom is 0.211 e. The van der Waals surface area contributed by atoms with Crippen molar-refractivity contribution < 1.29 is 0 Å². The molecule has 0 bridgehead atoms. The Kier molecular flexibility index (Phi) is 4.91. The van der Waals surface area contributed by atoms with E-state index >= 15 is 0 Å². The first-order valence-corrected chi connectivity index (χ1v) is 8.83. The van der Waals surface area contributed by atoms with Gasteiger partial charge in [0.15, 0.2) is 5.17 Å². The fourth-order valence-corrected chi connectivity index (χ4v) is 4.21. The first kappa shape index (κ1) is 16.7. The summed E-state index contributed by atoms with van der Waals surface area (Å²) in [7, 11) is 0. The summed E-state index contributed by atoms with van der Waals surface area (Å²) in [5.74, 6) is 0.883. The number of rotatable bonds is 3. The number of halogens is 3. The monoisotopic (exact) mass is 390 g/mol. The average Bonchev–Trinajstić information content (AvgIpc) is 3.07. The number of hydrogen-bond acceptors (Lipinski definition) is 5. The summed E-state index contributed by atoms with van der Waals surface area (Å²) < 4.78 is 0. The number of amidine groups is 1. The fourth-order valence-electron chi connectivity index (χ4n) is 2.52. The molecule has 0 spiro atoms. The molecule has 2 aliphatic rings. The molecule has 1 aromatic rings. The van der Waals surface area contributed by atoms with Crippen LogP contribution in [0, 0.1) is 0 Å². The molecule has 1 fully saturated rings. The predicted molar refractivity (Wildman–Crippen MR) is 98.9 cm³/mol. The van der Waals surface area contributed by atoms with E-state index in [1.54, 1.807) is 24.0 Å². The van der Waals surface area contributed by atoms with Gasteiger partial charge in [-0.2, -0.15) is 5.10 Å². The largest absolute Gasteiger partial charge is 0.369 e. The van der Waals surface area contributed by atoms with Gasteiger partial charge in [0.05, 0.1) is 27.3 Å². The second-order valence-corrected chi connectivity index (χ2v) is 7.17. The molecule has 10 heteroatoms. The van der Waals surface area contributed by atoms with Crippen LogP contribution < -0.4 is 11.5 Å². The van der Waals surface area contributed by atoms with Gasteiger partial charge in [-0.05, 0) is 11.6 Å². The summed E-state index contributed by atoms with van der Waals surface area (Å²) >= 11 is 20.2. The highest BCUT2D eigenvalue weighted by molar-refractivity contribution is 8.14. The van der Waals surface area contributed by atoms with Crippen LogP contribution in [0.2, 0.25) is 15.1 Å². The number of benzene rings is 1. The van der Waals surface area contributed by atoms with E-state index in [0.717, 1.165) is 23.0 Å². The lowest BCUT2D eigenvalue weighted by Gasteiger charge is -2.23. The molecule has 122 valence electrons. The van der Waals surface area contributed by atoms with Crippen molar-refractivity contribution in [1.29, 1.82) is 0 Å². The Hall–Kier alpha value is -1.15. The third-order valence-electron chi connectivity index (χ3n) is 3.52. The van der Waals surface area contributed by atoms with Crippen molar-refractivity contribution in [1.82, 2.24) is 4.90 Å². The number of fused-ring (bicyclic) bond motifs is 1. The highest BCUT2D eigenvalue weighted by Crippen LogP contribution is 2.42. The second-order valence-electron chi connectivity index (χ2n) is 4.94. The van der Waals surface area contributed by atoms with E-state index in [9.17, 15) is 0 Å². The van der Waals surface area contributed by atoms with Gasteiger partial charge in [0.1, 0.15) is 6.04 Å². The smallest absolute Gasteiger partial charge is 0.211 e. The Morgan fingerprint density at radius 2 is 2.09 bits per heavy atom. The number of hydrogen-bond donors (Lipinski definition) is 2. The summed E-state index contributed by atoms with van der Waals surface area (Å²) in [6, 6.07) is 3.18. The quantitative estimate of drug-likeness (QED) is 0.358. The molecular weight excluding hydrogens is 379 g/mol. The van der Waals surface area contributed by atoms with E-state index in [-0.39, 0.29) is 18.0 Å². The summed E-state index contributed by atoms with van der Waals surface area (Å²) in [5, 5.41) is 9.70. The van der Waals surface area contributed by atoms with Gasteiger partial charge in [-0.25, -0.2) is 0 Å². The molecule has 1 aromatic carbocycles. The molecule has 2 aliphatic heterocycles. The molecule has 2 heterocycles. The number of nitrogens with two attached hydrogens (primary N) is 2. The predicted octanol–water partition coefficient (Wildman–Crippen LogP) is 2.73. The first-order valence-electron chi connectivity index (χ1n) is 6.71. The lowest BCUT2D eigenvalue weighted by Crippen LogP contribution is -2.35. The summed E-state index contributed by atoms with van der Waals surface area (Å²) in [4.78, 5) is 6.90. The minimum atomic E-state index is -0.238. The molecule has 0 radical (unpaired) electrons.